The smallest absolute Gasteiger partial charge is 0.254 e. The zero-order valence-corrected chi connectivity index (χ0v) is 25.7. The highest BCUT2D eigenvalue weighted by Crippen LogP contribution is 2.32. The van der Waals surface area contributed by atoms with Gasteiger partial charge in [0.15, 0.2) is 0 Å². The third kappa shape index (κ3) is 7.58. The third-order valence-electron chi connectivity index (χ3n) is 6.76. The van der Waals surface area contributed by atoms with Crippen molar-refractivity contribution < 1.29 is 23.4 Å². The first kappa shape index (κ1) is 30.4. The monoisotopic (exact) mass is 578 g/mol. The van der Waals surface area contributed by atoms with Crippen molar-refractivity contribution in [3.63, 3.8) is 0 Å². The molecule has 2 aromatic heterocycles. The van der Waals surface area contributed by atoms with E-state index in [1.807, 2.05) is 17.7 Å². The molecule has 0 aliphatic rings. The number of amides is 1. The highest BCUT2D eigenvalue weighted by molar-refractivity contribution is 6.76. The largest absolute Gasteiger partial charge is 0.493 e. The Hall–Kier alpha value is -3.60. The topological polar surface area (TPSA) is 78.7 Å². The highest BCUT2D eigenvalue weighted by atomic mass is 28.3. The minimum Gasteiger partial charge on any atom is -0.493 e. The van der Waals surface area contributed by atoms with Gasteiger partial charge in [-0.15, -0.1) is 0 Å². The summed E-state index contributed by atoms with van der Waals surface area (Å²) in [5, 5.41) is 5.42. The summed E-state index contributed by atoms with van der Waals surface area (Å²) in [5.74, 6) is 0.00415. The number of methoxy groups -OCH3 is 1. The number of halogens is 1. The van der Waals surface area contributed by atoms with E-state index >= 15 is 0 Å². The van der Waals surface area contributed by atoms with Crippen molar-refractivity contribution in [2.24, 2.45) is 0 Å². The lowest BCUT2D eigenvalue weighted by atomic mass is 10.0. The number of benzene rings is 2. The number of hydrogen-bond donors (Lipinski definition) is 0. The van der Waals surface area contributed by atoms with E-state index in [2.05, 4.69) is 29.7 Å². The fourth-order valence-corrected chi connectivity index (χ4v) is 5.35. The number of carbonyl (C=O) groups excluding carboxylic acids is 1. The van der Waals surface area contributed by atoms with Gasteiger partial charge >= 0.3 is 0 Å². The molecule has 0 saturated heterocycles. The molecule has 8 nitrogen and oxygen atoms in total. The van der Waals surface area contributed by atoms with Gasteiger partial charge in [0.25, 0.3) is 5.91 Å². The van der Waals surface area contributed by atoms with Gasteiger partial charge in [0, 0.05) is 63.7 Å². The molecule has 4 rings (SSSR count). The minimum absolute atomic E-state index is 0.186. The maximum Gasteiger partial charge on any atom is 0.254 e. The van der Waals surface area contributed by atoms with E-state index in [-0.39, 0.29) is 18.3 Å². The van der Waals surface area contributed by atoms with Gasteiger partial charge in [-0.3, -0.25) is 9.78 Å². The average molecular weight is 579 g/mol. The van der Waals surface area contributed by atoms with Crippen molar-refractivity contribution in [1.82, 2.24) is 19.7 Å². The summed E-state index contributed by atoms with van der Waals surface area (Å²) in [6.07, 6.45) is 3.55. The summed E-state index contributed by atoms with van der Waals surface area (Å²) < 4.78 is 33.0. The van der Waals surface area contributed by atoms with Crippen LogP contribution in [0.3, 0.4) is 0 Å². The second kappa shape index (κ2) is 13.4. The van der Waals surface area contributed by atoms with Crippen LogP contribution in [-0.2, 0) is 29.4 Å². The SMILES string of the molecule is CCOc1cc(C(=O)N(C)Cc2c(COC)ncc3cnn(COCC[Si](C)(C)C)c23)ccc1-c1cccc(F)c1. The normalized spacial score (nSPS) is 11.7. The predicted octanol–water partition coefficient (Wildman–Crippen LogP) is 6.37. The number of fused-ring (bicyclic) bond motifs is 1. The molecule has 10 heteroatoms. The van der Waals surface area contributed by atoms with E-state index in [4.69, 9.17) is 14.2 Å². The van der Waals surface area contributed by atoms with Crippen LogP contribution >= 0.6 is 0 Å². The van der Waals surface area contributed by atoms with Gasteiger partial charge in [-0.2, -0.15) is 5.10 Å². The first-order valence-corrected chi connectivity index (χ1v) is 17.5. The van der Waals surface area contributed by atoms with Crippen molar-refractivity contribution >= 4 is 24.9 Å². The first-order valence-electron chi connectivity index (χ1n) is 13.8. The quantitative estimate of drug-likeness (QED) is 0.136. The molecule has 0 saturated carbocycles. The number of hydrogen-bond acceptors (Lipinski definition) is 6. The van der Waals surface area contributed by atoms with Gasteiger partial charge in [0.05, 0.1) is 30.6 Å². The van der Waals surface area contributed by atoms with Gasteiger partial charge in [0.2, 0.25) is 0 Å². The van der Waals surface area contributed by atoms with Gasteiger partial charge in [-0.1, -0.05) is 31.8 Å². The fraction of sp³-hybridized carbons (Fsp3) is 0.387. The Morgan fingerprint density at radius 3 is 2.63 bits per heavy atom. The Bertz CT molecular complexity index is 1500. The first-order chi connectivity index (χ1) is 19.6. The van der Waals surface area contributed by atoms with E-state index < -0.39 is 8.07 Å². The predicted molar refractivity (Wildman–Crippen MR) is 161 cm³/mol. The molecule has 0 unspecified atom stereocenters. The Morgan fingerprint density at radius 2 is 1.93 bits per heavy atom. The minimum atomic E-state index is -1.22. The van der Waals surface area contributed by atoms with E-state index in [9.17, 15) is 9.18 Å². The maximum absolute atomic E-state index is 13.9. The second-order valence-corrected chi connectivity index (χ2v) is 16.8. The van der Waals surface area contributed by atoms with Crippen LogP contribution in [0, 0.1) is 5.82 Å². The fourth-order valence-electron chi connectivity index (χ4n) is 4.59. The van der Waals surface area contributed by atoms with Crippen molar-refractivity contribution in [3.05, 3.63) is 77.5 Å². The lowest BCUT2D eigenvalue weighted by molar-refractivity contribution is 0.0779. The molecule has 0 bridgehead atoms. The standard InChI is InChI=1S/C31H39FN4O4Si/c1-7-40-29-16-23(11-12-26(29)22-9-8-10-25(32)15-22)31(37)35(2)19-27-28(20-38-3)33-17-24-18-34-36(30(24)27)21-39-13-14-41(4,5)6/h8-12,15-18H,7,13-14,19-21H2,1-6H3. The van der Waals surface area contributed by atoms with E-state index in [1.54, 1.807) is 55.7 Å². The molecular weight excluding hydrogens is 539 g/mol. The molecule has 0 aliphatic heterocycles. The number of pyridine rings is 1. The summed E-state index contributed by atoms with van der Waals surface area (Å²) in [6.45, 7) is 10.8. The lowest BCUT2D eigenvalue weighted by Gasteiger charge is -2.21. The molecule has 0 fully saturated rings. The van der Waals surface area contributed by atoms with Crippen molar-refractivity contribution in [2.75, 3.05) is 27.4 Å². The molecule has 41 heavy (non-hydrogen) atoms. The van der Waals surface area contributed by atoms with E-state index in [0.29, 0.717) is 43.4 Å². The summed E-state index contributed by atoms with van der Waals surface area (Å²) >= 11 is 0. The van der Waals surface area contributed by atoms with Crippen LogP contribution in [0.1, 0.15) is 28.5 Å². The summed E-state index contributed by atoms with van der Waals surface area (Å²) in [4.78, 5) is 19.9. The van der Waals surface area contributed by atoms with Crippen molar-refractivity contribution in [2.45, 2.75) is 52.5 Å². The van der Waals surface area contributed by atoms with Crippen LogP contribution in [0.2, 0.25) is 25.7 Å². The highest BCUT2D eigenvalue weighted by Gasteiger charge is 2.21. The number of rotatable bonds is 13. The summed E-state index contributed by atoms with van der Waals surface area (Å²) in [7, 11) is 2.16. The van der Waals surface area contributed by atoms with Crippen LogP contribution in [-0.4, -0.2) is 61.0 Å². The summed E-state index contributed by atoms with van der Waals surface area (Å²) in [6, 6.07) is 12.6. The zero-order chi connectivity index (χ0) is 29.6. The number of carbonyl (C=O) groups is 1. The number of nitrogens with zero attached hydrogens (tertiary/aromatic N) is 4. The molecule has 2 heterocycles. The van der Waals surface area contributed by atoms with Crippen LogP contribution in [0.5, 0.6) is 5.75 Å². The Kier molecular flexibility index (Phi) is 9.90. The Labute approximate surface area is 242 Å². The van der Waals surface area contributed by atoms with Crippen LogP contribution in [0.4, 0.5) is 4.39 Å². The average Bonchev–Trinajstić information content (AvgIpc) is 3.35. The molecule has 0 atom stereocenters. The maximum atomic E-state index is 13.9. The molecule has 1 amide bonds. The second-order valence-electron chi connectivity index (χ2n) is 11.2. The Balaban J connectivity index is 1.62. The Morgan fingerprint density at radius 1 is 1.12 bits per heavy atom. The van der Waals surface area contributed by atoms with Crippen molar-refractivity contribution in [1.29, 1.82) is 0 Å². The van der Waals surface area contributed by atoms with Gasteiger partial charge in [-0.25, -0.2) is 9.07 Å². The van der Waals surface area contributed by atoms with Gasteiger partial charge < -0.3 is 19.1 Å². The van der Waals surface area contributed by atoms with E-state index in [1.165, 1.54) is 12.1 Å². The molecule has 2 aromatic carbocycles. The van der Waals surface area contributed by atoms with Crippen molar-refractivity contribution in [3.8, 4) is 16.9 Å². The zero-order valence-electron chi connectivity index (χ0n) is 24.7. The number of aromatic nitrogens is 3. The van der Waals surface area contributed by atoms with Crippen LogP contribution in [0.25, 0.3) is 22.0 Å². The third-order valence-corrected chi connectivity index (χ3v) is 8.46. The number of ether oxygens (including phenoxy) is 3. The molecule has 4 aromatic rings. The van der Waals surface area contributed by atoms with Gasteiger partial charge in [-0.05, 0) is 48.9 Å². The molecule has 218 valence electrons. The molecule has 0 spiro atoms. The van der Waals surface area contributed by atoms with Gasteiger partial charge in [0.1, 0.15) is 18.3 Å². The van der Waals surface area contributed by atoms with Crippen LogP contribution in [0.15, 0.2) is 54.9 Å². The molecule has 0 aliphatic carbocycles. The van der Waals surface area contributed by atoms with Crippen LogP contribution < -0.4 is 4.74 Å². The van der Waals surface area contributed by atoms with E-state index in [0.717, 1.165) is 33.8 Å². The summed E-state index contributed by atoms with van der Waals surface area (Å²) in [5.41, 5.74) is 4.33. The molecule has 0 radical (unpaired) electrons. The molecular formula is C31H39FN4O4Si. The molecule has 0 N–H and O–H groups in total. The lowest BCUT2D eigenvalue weighted by Crippen LogP contribution is -2.27.